The van der Waals surface area contributed by atoms with Crippen molar-refractivity contribution in [1.29, 1.82) is 5.26 Å². The van der Waals surface area contributed by atoms with Gasteiger partial charge in [-0.3, -0.25) is 10.1 Å². The van der Waals surface area contributed by atoms with Gasteiger partial charge in [0.15, 0.2) is 0 Å². The van der Waals surface area contributed by atoms with Gasteiger partial charge in [0.2, 0.25) is 5.91 Å². The molecule has 2 heterocycles. The molecular formula is C10H8N4O2. The zero-order valence-electron chi connectivity index (χ0n) is 8.30. The lowest BCUT2D eigenvalue weighted by molar-refractivity contribution is -0.118. The quantitative estimate of drug-likeness (QED) is 0.705. The highest BCUT2D eigenvalue weighted by atomic mass is 16.2. The SMILES string of the molecule is N#Cc1ncccc1CN1CC(=O)NC1=O. The molecule has 1 aliphatic rings. The van der Waals surface area contributed by atoms with Crippen molar-refractivity contribution in [3.8, 4) is 6.07 Å². The predicted molar refractivity (Wildman–Crippen MR) is 52.9 cm³/mol. The number of nitriles is 1. The van der Waals surface area contributed by atoms with E-state index in [1.165, 1.54) is 11.1 Å². The van der Waals surface area contributed by atoms with E-state index in [9.17, 15) is 9.59 Å². The zero-order chi connectivity index (χ0) is 11.5. The normalized spacial score (nSPS) is 14.8. The molecule has 1 aromatic rings. The molecule has 0 atom stereocenters. The smallest absolute Gasteiger partial charge is 0.311 e. The molecule has 6 heteroatoms. The number of aromatic nitrogens is 1. The fourth-order valence-corrected chi connectivity index (χ4v) is 1.48. The Morgan fingerprint density at radius 1 is 1.56 bits per heavy atom. The summed E-state index contributed by atoms with van der Waals surface area (Å²) in [7, 11) is 0. The van der Waals surface area contributed by atoms with Crippen LogP contribution in [-0.2, 0) is 11.3 Å². The monoisotopic (exact) mass is 216 g/mol. The van der Waals surface area contributed by atoms with E-state index in [0.717, 1.165) is 0 Å². The van der Waals surface area contributed by atoms with Crippen molar-refractivity contribution in [1.82, 2.24) is 15.2 Å². The van der Waals surface area contributed by atoms with Crippen molar-refractivity contribution in [2.75, 3.05) is 6.54 Å². The van der Waals surface area contributed by atoms with Crippen LogP contribution >= 0.6 is 0 Å². The Kier molecular flexibility index (Phi) is 2.52. The Bertz CT molecular complexity index is 492. The van der Waals surface area contributed by atoms with Crippen molar-refractivity contribution < 1.29 is 9.59 Å². The molecule has 0 saturated carbocycles. The number of pyridine rings is 1. The number of carbonyl (C=O) groups is 2. The summed E-state index contributed by atoms with van der Waals surface area (Å²) in [6, 6.07) is 4.90. The third-order valence-electron chi connectivity index (χ3n) is 2.23. The molecule has 0 unspecified atom stereocenters. The number of hydrogen-bond acceptors (Lipinski definition) is 4. The predicted octanol–water partition coefficient (Wildman–Crippen LogP) is 0.00508. The topological polar surface area (TPSA) is 86.1 Å². The van der Waals surface area contributed by atoms with Gasteiger partial charge in [0.25, 0.3) is 0 Å². The van der Waals surface area contributed by atoms with Crippen LogP contribution in [0.15, 0.2) is 18.3 Å². The van der Waals surface area contributed by atoms with Gasteiger partial charge in [0.05, 0.1) is 6.54 Å². The van der Waals surface area contributed by atoms with Crippen molar-refractivity contribution in [2.45, 2.75) is 6.54 Å². The van der Waals surface area contributed by atoms with E-state index in [4.69, 9.17) is 5.26 Å². The lowest BCUT2D eigenvalue weighted by Crippen LogP contribution is -2.28. The number of carbonyl (C=O) groups excluding carboxylic acids is 2. The fourth-order valence-electron chi connectivity index (χ4n) is 1.48. The Labute approximate surface area is 91.5 Å². The van der Waals surface area contributed by atoms with Crippen molar-refractivity contribution in [3.05, 3.63) is 29.6 Å². The maximum Gasteiger partial charge on any atom is 0.324 e. The first-order valence-corrected chi connectivity index (χ1v) is 4.63. The van der Waals surface area contributed by atoms with Crippen LogP contribution in [0.2, 0.25) is 0 Å². The molecule has 3 amide bonds. The minimum atomic E-state index is -0.433. The molecule has 16 heavy (non-hydrogen) atoms. The number of nitrogens with one attached hydrogen (secondary N) is 1. The van der Waals surface area contributed by atoms with E-state index < -0.39 is 6.03 Å². The first-order chi connectivity index (χ1) is 7.70. The summed E-state index contributed by atoms with van der Waals surface area (Å²) in [5.74, 6) is -0.326. The van der Waals surface area contributed by atoms with E-state index >= 15 is 0 Å². The molecule has 1 aromatic heterocycles. The van der Waals surface area contributed by atoms with Gasteiger partial charge in [-0.05, 0) is 6.07 Å². The molecule has 1 N–H and O–H groups in total. The minimum Gasteiger partial charge on any atom is -0.311 e. The van der Waals surface area contributed by atoms with Crippen LogP contribution in [0, 0.1) is 11.3 Å². The van der Waals surface area contributed by atoms with Gasteiger partial charge in [-0.25, -0.2) is 9.78 Å². The fraction of sp³-hybridized carbons (Fsp3) is 0.200. The first kappa shape index (κ1) is 10.1. The van der Waals surface area contributed by atoms with Crippen LogP contribution in [0.3, 0.4) is 0 Å². The van der Waals surface area contributed by atoms with Crippen molar-refractivity contribution in [2.24, 2.45) is 0 Å². The van der Waals surface area contributed by atoms with Gasteiger partial charge in [-0.15, -0.1) is 0 Å². The van der Waals surface area contributed by atoms with E-state index in [-0.39, 0.29) is 24.7 Å². The summed E-state index contributed by atoms with van der Waals surface area (Å²) in [5.41, 5.74) is 0.907. The number of rotatable bonds is 2. The zero-order valence-corrected chi connectivity index (χ0v) is 8.30. The Hall–Kier alpha value is -2.42. The molecule has 1 saturated heterocycles. The number of nitrogens with zero attached hydrogens (tertiary/aromatic N) is 3. The van der Waals surface area contributed by atoms with Gasteiger partial charge in [-0.2, -0.15) is 5.26 Å². The minimum absolute atomic E-state index is 0.0264. The average Bonchev–Trinajstić information content (AvgIpc) is 2.58. The van der Waals surface area contributed by atoms with Crippen LogP contribution in [0.25, 0.3) is 0 Å². The molecule has 0 aromatic carbocycles. The number of hydrogen-bond donors (Lipinski definition) is 1. The lowest BCUT2D eigenvalue weighted by Gasteiger charge is -2.13. The van der Waals surface area contributed by atoms with Crippen LogP contribution < -0.4 is 5.32 Å². The summed E-state index contributed by atoms with van der Waals surface area (Å²) >= 11 is 0. The molecule has 0 spiro atoms. The Morgan fingerprint density at radius 3 is 3.00 bits per heavy atom. The summed E-state index contributed by atoms with van der Waals surface area (Å²) in [6.45, 7) is 0.243. The van der Waals surface area contributed by atoms with Crippen LogP contribution in [0.4, 0.5) is 4.79 Å². The molecule has 1 aliphatic heterocycles. The van der Waals surface area contributed by atoms with E-state index in [0.29, 0.717) is 5.56 Å². The van der Waals surface area contributed by atoms with E-state index in [1.807, 2.05) is 6.07 Å². The van der Waals surface area contributed by atoms with Gasteiger partial charge in [-0.1, -0.05) is 6.07 Å². The van der Waals surface area contributed by atoms with Crippen molar-refractivity contribution in [3.63, 3.8) is 0 Å². The third-order valence-corrected chi connectivity index (χ3v) is 2.23. The summed E-state index contributed by atoms with van der Waals surface area (Å²) in [5, 5.41) is 11.0. The molecule has 1 fully saturated rings. The highest BCUT2D eigenvalue weighted by molar-refractivity contribution is 6.01. The van der Waals surface area contributed by atoms with Crippen LogP contribution in [-0.4, -0.2) is 28.4 Å². The highest BCUT2D eigenvalue weighted by Gasteiger charge is 2.27. The summed E-state index contributed by atoms with van der Waals surface area (Å²) in [6.07, 6.45) is 1.51. The van der Waals surface area contributed by atoms with Gasteiger partial charge >= 0.3 is 6.03 Å². The van der Waals surface area contributed by atoms with Gasteiger partial charge < -0.3 is 4.90 Å². The standard InChI is InChI=1S/C10H8N4O2/c11-4-8-7(2-1-3-12-8)5-14-6-9(15)13-10(14)16/h1-3H,5-6H2,(H,13,15,16). The Morgan fingerprint density at radius 2 is 2.38 bits per heavy atom. The molecule has 6 nitrogen and oxygen atoms in total. The molecule has 0 radical (unpaired) electrons. The number of imide groups is 1. The lowest BCUT2D eigenvalue weighted by atomic mass is 10.2. The molecule has 80 valence electrons. The highest BCUT2D eigenvalue weighted by Crippen LogP contribution is 2.10. The second-order valence-electron chi connectivity index (χ2n) is 3.33. The maximum absolute atomic E-state index is 11.3. The number of amides is 3. The molecule has 0 aliphatic carbocycles. The average molecular weight is 216 g/mol. The summed E-state index contributed by atoms with van der Waals surface area (Å²) in [4.78, 5) is 27.4. The third kappa shape index (κ3) is 1.83. The Balaban J connectivity index is 2.19. The van der Waals surface area contributed by atoms with Gasteiger partial charge in [0.1, 0.15) is 18.3 Å². The second kappa shape index (κ2) is 3.98. The maximum atomic E-state index is 11.3. The van der Waals surface area contributed by atoms with Crippen LogP contribution in [0.5, 0.6) is 0 Å². The first-order valence-electron chi connectivity index (χ1n) is 4.63. The molecular weight excluding hydrogens is 208 g/mol. The van der Waals surface area contributed by atoms with Gasteiger partial charge in [0, 0.05) is 11.8 Å². The number of urea groups is 1. The second-order valence-corrected chi connectivity index (χ2v) is 3.33. The summed E-state index contributed by atoms with van der Waals surface area (Å²) < 4.78 is 0. The van der Waals surface area contributed by atoms with E-state index in [1.54, 1.807) is 12.1 Å². The van der Waals surface area contributed by atoms with Crippen LogP contribution in [0.1, 0.15) is 11.3 Å². The largest absolute Gasteiger partial charge is 0.324 e. The van der Waals surface area contributed by atoms with Crippen molar-refractivity contribution >= 4 is 11.9 Å². The molecule has 0 bridgehead atoms. The van der Waals surface area contributed by atoms with E-state index in [2.05, 4.69) is 10.3 Å². The molecule has 2 rings (SSSR count).